The van der Waals surface area contributed by atoms with E-state index in [0.29, 0.717) is 32.6 Å². The van der Waals surface area contributed by atoms with Crippen molar-refractivity contribution in [2.24, 2.45) is 11.5 Å². The lowest BCUT2D eigenvalue weighted by Gasteiger charge is -2.36. The highest BCUT2D eigenvalue weighted by atomic mass is 32.1. The molecular weight excluding hydrogens is 412 g/mol. The average Bonchev–Trinajstić information content (AvgIpc) is 3.20. The van der Waals surface area contributed by atoms with E-state index in [1.54, 1.807) is 30.5 Å². The van der Waals surface area contributed by atoms with Crippen LogP contribution in [0.25, 0.3) is 21.3 Å². The molecule has 8 heteroatoms. The van der Waals surface area contributed by atoms with E-state index in [1.807, 2.05) is 30.3 Å². The second-order valence-electron chi connectivity index (χ2n) is 7.50. The quantitative estimate of drug-likeness (QED) is 0.365. The summed E-state index contributed by atoms with van der Waals surface area (Å²) in [6.45, 7) is 0. The van der Waals surface area contributed by atoms with Crippen LogP contribution in [0.15, 0.2) is 60.8 Å². The van der Waals surface area contributed by atoms with Crippen molar-refractivity contribution in [1.82, 2.24) is 4.98 Å². The van der Waals surface area contributed by atoms with Crippen molar-refractivity contribution in [2.45, 2.75) is 11.6 Å². The van der Waals surface area contributed by atoms with Crippen LogP contribution >= 0.6 is 11.3 Å². The van der Waals surface area contributed by atoms with Crippen molar-refractivity contribution in [1.29, 1.82) is 0 Å². The van der Waals surface area contributed by atoms with Gasteiger partial charge in [-0.25, -0.2) is 4.79 Å². The number of nitrogen functional groups attached to an aromatic ring is 1. The lowest BCUT2D eigenvalue weighted by molar-refractivity contribution is -0.124. The number of pyridine rings is 1. The van der Waals surface area contributed by atoms with E-state index in [0.717, 1.165) is 16.9 Å². The molecule has 0 bridgehead atoms. The zero-order chi connectivity index (χ0) is 21.9. The Kier molecular flexibility index (Phi) is 4.19. The minimum Gasteiger partial charge on any atom is -0.477 e. The SMILES string of the molecule is Nc1ccc2c3c(c(C(=O)O)sc13)C(N)C(=O)C2(N)c1ccnc(-c2ccccc2)c1. The minimum atomic E-state index is -1.57. The maximum atomic E-state index is 13.6. The molecule has 0 spiro atoms. The van der Waals surface area contributed by atoms with Crippen molar-refractivity contribution in [3.8, 4) is 11.3 Å². The van der Waals surface area contributed by atoms with Gasteiger partial charge < -0.3 is 22.3 Å². The molecule has 0 radical (unpaired) electrons. The van der Waals surface area contributed by atoms with E-state index < -0.39 is 23.3 Å². The van der Waals surface area contributed by atoms with Crippen LogP contribution < -0.4 is 17.2 Å². The van der Waals surface area contributed by atoms with E-state index in [9.17, 15) is 14.7 Å². The van der Waals surface area contributed by atoms with E-state index in [2.05, 4.69) is 4.98 Å². The van der Waals surface area contributed by atoms with Crippen molar-refractivity contribution in [3.63, 3.8) is 0 Å². The van der Waals surface area contributed by atoms with Gasteiger partial charge in [-0.05, 0) is 29.3 Å². The summed E-state index contributed by atoms with van der Waals surface area (Å²) < 4.78 is 0.569. The number of thiophene rings is 1. The molecular formula is C23H18N4O3S. The number of nitrogens with zero attached hydrogens (tertiary/aromatic N) is 1. The molecule has 2 unspecified atom stereocenters. The Hall–Kier alpha value is -3.59. The third-order valence-corrected chi connectivity index (χ3v) is 7.03. The Balaban J connectivity index is 1.81. The van der Waals surface area contributed by atoms with Crippen molar-refractivity contribution < 1.29 is 14.7 Å². The van der Waals surface area contributed by atoms with Gasteiger partial charge in [0.1, 0.15) is 10.4 Å². The molecule has 4 aromatic rings. The summed E-state index contributed by atoms with van der Waals surface area (Å²) in [7, 11) is 0. The fraction of sp³-hybridized carbons (Fsp3) is 0.0870. The van der Waals surface area contributed by atoms with Gasteiger partial charge in [0.25, 0.3) is 0 Å². The number of hydrogen-bond donors (Lipinski definition) is 4. The van der Waals surface area contributed by atoms with Gasteiger partial charge in [0, 0.05) is 28.4 Å². The summed E-state index contributed by atoms with van der Waals surface area (Å²) in [6, 6.07) is 15.2. The first-order chi connectivity index (χ1) is 14.8. The van der Waals surface area contributed by atoms with Gasteiger partial charge in [0.15, 0.2) is 5.78 Å². The first-order valence-corrected chi connectivity index (χ1v) is 10.3. The molecule has 0 saturated carbocycles. The van der Waals surface area contributed by atoms with Crippen LogP contribution in [0, 0.1) is 0 Å². The number of aromatic nitrogens is 1. The molecule has 0 saturated heterocycles. The number of nitrogens with two attached hydrogens (primary N) is 3. The number of carbonyl (C=O) groups is 2. The van der Waals surface area contributed by atoms with Crippen LogP contribution in [0.1, 0.15) is 32.4 Å². The first-order valence-electron chi connectivity index (χ1n) is 9.53. The number of rotatable bonds is 3. The van der Waals surface area contributed by atoms with Crippen LogP contribution in [0.2, 0.25) is 0 Å². The maximum Gasteiger partial charge on any atom is 0.346 e. The van der Waals surface area contributed by atoms with Gasteiger partial charge in [-0.3, -0.25) is 9.78 Å². The zero-order valence-corrected chi connectivity index (χ0v) is 17.0. The number of Topliss-reactive ketones (excluding diaryl/α,β-unsaturated/α-hetero) is 1. The summed E-state index contributed by atoms with van der Waals surface area (Å²) in [5.41, 5.74) is 21.0. The summed E-state index contributed by atoms with van der Waals surface area (Å²) in [4.78, 5) is 29.8. The molecule has 0 amide bonds. The van der Waals surface area contributed by atoms with Crippen molar-refractivity contribution in [2.75, 3.05) is 5.73 Å². The van der Waals surface area contributed by atoms with Gasteiger partial charge in [0.2, 0.25) is 0 Å². The van der Waals surface area contributed by atoms with Crippen LogP contribution in [-0.2, 0) is 10.3 Å². The Morgan fingerprint density at radius 2 is 1.87 bits per heavy atom. The van der Waals surface area contributed by atoms with Gasteiger partial charge in [0.05, 0.1) is 16.4 Å². The number of anilines is 1. The molecule has 7 nitrogen and oxygen atoms in total. The van der Waals surface area contributed by atoms with E-state index >= 15 is 0 Å². The summed E-state index contributed by atoms with van der Waals surface area (Å²) in [5, 5.41) is 10.2. The van der Waals surface area contributed by atoms with Gasteiger partial charge >= 0.3 is 5.97 Å². The molecule has 2 atom stereocenters. The van der Waals surface area contributed by atoms with Crippen molar-refractivity contribution in [3.05, 3.63) is 82.4 Å². The highest BCUT2D eigenvalue weighted by molar-refractivity contribution is 7.21. The normalized spacial score (nSPS) is 20.2. The number of ketones is 1. The monoisotopic (exact) mass is 430 g/mol. The fourth-order valence-corrected chi connectivity index (χ4v) is 5.42. The van der Waals surface area contributed by atoms with E-state index in [-0.39, 0.29) is 10.4 Å². The number of hydrogen-bond acceptors (Lipinski definition) is 7. The second-order valence-corrected chi connectivity index (χ2v) is 8.52. The molecule has 0 fully saturated rings. The van der Waals surface area contributed by atoms with E-state index in [4.69, 9.17) is 17.2 Å². The zero-order valence-electron chi connectivity index (χ0n) is 16.2. The Morgan fingerprint density at radius 1 is 1.13 bits per heavy atom. The topological polar surface area (TPSA) is 145 Å². The Bertz CT molecular complexity index is 1380. The molecule has 1 aliphatic carbocycles. The highest BCUT2D eigenvalue weighted by Gasteiger charge is 2.48. The lowest BCUT2D eigenvalue weighted by atomic mass is 9.70. The molecule has 2 heterocycles. The number of aromatic carboxylic acids is 1. The predicted octanol–water partition coefficient (Wildman–Crippen LogP) is 3.03. The molecule has 31 heavy (non-hydrogen) atoms. The van der Waals surface area contributed by atoms with Crippen LogP contribution in [0.5, 0.6) is 0 Å². The summed E-state index contributed by atoms with van der Waals surface area (Å²) in [6.07, 6.45) is 1.60. The second kappa shape index (κ2) is 6.71. The fourth-order valence-electron chi connectivity index (χ4n) is 4.28. The standard InChI is InChI=1S/C23H18N4O3S/c24-14-7-6-13-16-17(20(22(29)30)31-19(14)16)18(25)21(28)23(13,26)12-8-9-27-15(10-12)11-4-2-1-3-5-11/h1-10,18H,24-26H2,(H,29,30). The maximum absolute atomic E-state index is 13.6. The number of benzene rings is 2. The smallest absolute Gasteiger partial charge is 0.346 e. The Morgan fingerprint density at radius 3 is 2.58 bits per heavy atom. The third-order valence-electron chi connectivity index (χ3n) is 5.79. The molecule has 2 aromatic carbocycles. The molecule has 154 valence electrons. The molecule has 2 aromatic heterocycles. The number of carboxylic acids is 1. The summed E-state index contributed by atoms with van der Waals surface area (Å²) in [5.74, 6) is -1.62. The Labute approximate surface area is 181 Å². The van der Waals surface area contributed by atoms with Crippen molar-refractivity contribution >= 4 is 38.9 Å². The number of carbonyl (C=O) groups excluding carboxylic acids is 1. The van der Waals surface area contributed by atoms with Crippen LogP contribution in [0.3, 0.4) is 0 Å². The third kappa shape index (κ3) is 2.63. The van der Waals surface area contributed by atoms with Gasteiger partial charge in [-0.15, -0.1) is 11.3 Å². The molecule has 1 aliphatic rings. The first kappa shape index (κ1) is 19.4. The molecule has 5 rings (SSSR count). The van der Waals surface area contributed by atoms with E-state index in [1.165, 1.54) is 0 Å². The van der Waals surface area contributed by atoms with Crippen LogP contribution in [0.4, 0.5) is 5.69 Å². The lowest BCUT2D eigenvalue weighted by Crippen LogP contribution is -2.52. The van der Waals surface area contributed by atoms with Gasteiger partial charge in [-0.2, -0.15) is 0 Å². The largest absolute Gasteiger partial charge is 0.477 e. The molecule has 0 aliphatic heterocycles. The summed E-state index contributed by atoms with van der Waals surface area (Å²) >= 11 is 1.01. The van der Waals surface area contributed by atoms with Gasteiger partial charge in [-0.1, -0.05) is 36.4 Å². The average molecular weight is 430 g/mol. The predicted molar refractivity (Wildman–Crippen MR) is 120 cm³/mol. The number of carboxylic acid groups (broad SMARTS) is 1. The molecule has 7 N–H and O–H groups in total. The highest BCUT2D eigenvalue weighted by Crippen LogP contribution is 2.49. The van der Waals surface area contributed by atoms with Crippen LogP contribution in [-0.4, -0.2) is 21.8 Å². The minimum absolute atomic E-state index is 0.0109.